The smallest absolute Gasteiger partial charge is 0.327 e. The normalized spacial score (nSPS) is 10.3. The Hall–Kier alpha value is -1.56. The molecule has 0 unspecified atom stereocenters. The van der Waals surface area contributed by atoms with E-state index in [0.29, 0.717) is 18.9 Å². The van der Waals surface area contributed by atoms with Crippen LogP contribution in [0.5, 0.6) is 0 Å². The fraction of sp³-hybridized carbons (Fsp3) is 0.600. The van der Waals surface area contributed by atoms with Crippen LogP contribution >= 0.6 is 0 Å². The Bertz CT molecular complexity index is 325. The Morgan fingerprint density at radius 1 is 1.50 bits per heavy atom. The molecule has 0 amide bonds. The average molecular weight is 227 g/mol. The molecule has 90 valence electrons. The summed E-state index contributed by atoms with van der Waals surface area (Å²) in [7, 11) is 0. The Balaban J connectivity index is 2.11. The standard InChI is InChI=1S/C10H17N3O3/c1-2-3-15-4-5-16-10(14)8-13-7-9(11)6-12-13/h6-7H,2-5,8,11H2,1H3. The van der Waals surface area contributed by atoms with Crippen LogP contribution in [0.1, 0.15) is 13.3 Å². The van der Waals surface area contributed by atoms with Crippen molar-refractivity contribution in [2.45, 2.75) is 19.9 Å². The molecule has 0 atom stereocenters. The van der Waals surface area contributed by atoms with E-state index < -0.39 is 0 Å². The topological polar surface area (TPSA) is 79.4 Å². The number of hydrogen-bond donors (Lipinski definition) is 1. The molecule has 0 fully saturated rings. The van der Waals surface area contributed by atoms with Gasteiger partial charge in [0.15, 0.2) is 0 Å². The summed E-state index contributed by atoms with van der Waals surface area (Å²) in [5.41, 5.74) is 5.98. The van der Waals surface area contributed by atoms with Crippen molar-refractivity contribution in [3.63, 3.8) is 0 Å². The van der Waals surface area contributed by atoms with E-state index in [4.69, 9.17) is 15.2 Å². The molecule has 2 N–H and O–H groups in total. The second kappa shape index (κ2) is 6.84. The number of esters is 1. The molecule has 0 aliphatic heterocycles. The Morgan fingerprint density at radius 3 is 2.94 bits per heavy atom. The van der Waals surface area contributed by atoms with E-state index in [1.807, 2.05) is 6.92 Å². The van der Waals surface area contributed by atoms with E-state index >= 15 is 0 Å². The minimum absolute atomic E-state index is 0.0744. The van der Waals surface area contributed by atoms with Crippen molar-refractivity contribution in [2.24, 2.45) is 0 Å². The van der Waals surface area contributed by atoms with Gasteiger partial charge in [-0.2, -0.15) is 5.10 Å². The first kappa shape index (κ1) is 12.5. The van der Waals surface area contributed by atoms with E-state index in [-0.39, 0.29) is 19.1 Å². The summed E-state index contributed by atoms with van der Waals surface area (Å²) in [5, 5.41) is 3.87. The zero-order valence-electron chi connectivity index (χ0n) is 9.39. The highest BCUT2D eigenvalue weighted by atomic mass is 16.6. The molecule has 16 heavy (non-hydrogen) atoms. The Kier molecular flexibility index (Phi) is 5.35. The Morgan fingerprint density at radius 2 is 2.31 bits per heavy atom. The molecule has 6 nitrogen and oxygen atoms in total. The number of aromatic nitrogens is 2. The first-order chi connectivity index (χ1) is 7.72. The maximum absolute atomic E-state index is 11.3. The van der Waals surface area contributed by atoms with Gasteiger partial charge in [-0.25, -0.2) is 0 Å². The lowest BCUT2D eigenvalue weighted by Crippen LogP contribution is -2.16. The van der Waals surface area contributed by atoms with Crippen LogP contribution in [-0.4, -0.2) is 35.6 Å². The van der Waals surface area contributed by atoms with Crippen LogP contribution in [0.4, 0.5) is 5.69 Å². The number of carbonyl (C=O) groups is 1. The first-order valence-electron chi connectivity index (χ1n) is 5.23. The molecule has 1 rings (SSSR count). The van der Waals surface area contributed by atoms with Gasteiger partial charge in [-0.05, 0) is 6.42 Å². The molecule has 0 aromatic carbocycles. The summed E-state index contributed by atoms with van der Waals surface area (Å²) in [6.07, 6.45) is 4.02. The summed E-state index contributed by atoms with van der Waals surface area (Å²) >= 11 is 0. The third-order valence-electron chi connectivity index (χ3n) is 1.78. The third-order valence-corrected chi connectivity index (χ3v) is 1.78. The molecule has 1 aromatic rings. The zero-order valence-corrected chi connectivity index (χ0v) is 9.39. The van der Waals surface area contributed by atoms with E-state index in [0.717, 1.165) is 6.42 Å². The molecular weight excluding hydrogens is 210 g/mol. The third kappa shape index (κ3) is 4.79. The lowest BCUT2D eigenvalue weighted by molar-refractivity contribution is -0.146. The van der Waals surface area contributed by atoms with Gasteiger partial charge >= 0.3 is 5.97 Å². The quantitative estimate of drug-likeness (QED) is 0.540. The van der Waals surface area contributed by atoms with Crippen LogP contribution in [0.2, 0.25) is 0 Å². The number of nitrogen functional groups attached to an aromatic ring is 1. The first-order valence-corrected chi connectivity index (χ1v) is 5.23. The predicted octanol–water partition coefficient (Wildman–Crippen LogP) is 0.435. The van der Waals surface area contributed by atoms with Gasteiger partial charge in [0.25, 0.3) is 0 Å². The average Bonchev–Trinajstić information content (AvgIpc) is 2.63. The van der Waals surface area contributed by atoms with Crippen molar-refractivity contribution in [1.29, 1.82) is 0 Å². The summed E-state index contributed by atoms with van der Waals surface area (Å²) in [6.45, 7) is 3.49. The monoisotopic (exact) mass is 227 g/mol. The molecule has 0 aliphatic carbocycles. The van der Waals surface area contributed by atoms with E-state index in [9.17, 15) is 4.79 Å². The van der Waals surface area contributed by atoms with Gasteiger partial charge < -0.3 is 15.2 Å². The molecule has 0 bridgehead atoms. The van der Waals surface area contributed by atoms with Crippen LogP contribution < -0.4 is 5.73 Å². The summed E-state index contributed by atoms with van der Waals surface area (Å²) in [6, 6.07) is 0. The molecule has 0 spiro atoms. The highest BCUT2D eigenvalue weighted by molar-refractivity contribution is 5.69. The molecule has 1 heterocycles. The van der Waals surface area contributed by atoms with E-state index in [1.54, 1.807) is 6.20 Å². The van der Waals surface area contributed by atoms with Crippen LogP contribution in [0.15, 0.2) is 12.4 Å². The minimum atomic E-state index is -0.344. The number of rotatable bonds is 7. The van der Waals surface area contributed by atoms with E-state index in [1.165, 1.54) is 10.9 Å². The highest BCUT2D eigenvalue weighted by Crippen LogP contribution is 1.97. The van der Waals surface area contributed by atoms with Gasteiger partial charge in [0.05, 0.1) is 18.5 Å². The van der Waals surface area contributed by atoms with Gasteiger partial charge in [-0.1, -0.05) is 6.92 Å². The lowest BCUT2D eigenvalue weighted by Gasteiger charge is -2.05. The second-order valence-corrected chi connectivity index (χ2v) is 3.30. The second-order valence-electron chi connectivity index (χ2n) is 3.30. The fourth-order valence-corrected chi connectivity index (χ4v) is 1.10. The maximum Gasteiger partial charge on any atom is 0.327 e. The van der Waals surface area contributed by atoms with Crippen LogP contribution in [0.25, 0.3) is 0 Å². The zero-order chi connectivity index (χ0) is 11.8. The fourth-order valence-electron chi connectivity index (χ4n) is 1.10. The molecule has 0 saturated carbocycles. The number of ether oxygens (including phenoxy) is 2. The van der Waals surface area contributed by atoms with Crippen molar-refractivity contribution in [2.75, 3.05) is 25.6 Å². The predicted molar refractivity (Wildman–Crippen MR) is 58.7 cm³/mol. The van der Waals surface area contributed by atoms with Crippen LogP contribution in [-0.2, 0) is 20.8 Å². The number of nitrogens with two attached hydrogens (primary N) is 1. The number of nitrogens with zero attached hydrogens (tertiary/aromatic N) is 2. The van der Waals surface area contributed by atoms with Gasteiger partial charge in [-0.3, -0.25) is 9.48 Å². The van der Waals surface area contributed by atoms with Gasteiger partial charge in [-0.15, -0.1) is 0 Å². The summed E-state index contributed by atoms with van der Waals surface area (Å²) < 4.78 is 11.5. The van der Waals surface area contributed by atoms with E-state index in [2.05, 4.69) is 5.10 Å². The molecular formula is C10H17N3O3. The van der Waals surface area contributed by atoms with Crippen molar-refractivity contribution >= 4 is 11.7 Å². The molecule has 1 aromatic heterocycles. The van der Waals surface area contributed by atoms with Crippen molar-refractivity contribution in [3.05, 3.63) is 12.4 Å². The van der Waals surface area contributed by atoms with Crippen molar-refractivity contribution in [1.82, 2.24) is 9.78 Å². The van der Waals surface area contributed by atoms with Gasteiger partial charge in [0, 0.05) is 12.8 Å². The summed E-state index contributed by atoms with van der Waals surface area (Å²) in [5.74, 6) is -0.344. The summed E-state index contributed by atoms with van der Waals surface area (Å²) in [4.78, 5) is 11.3. The Labute approximate surface area is 94.3 Å². The largest absolute Gasteiger partial charge is 0.462 e. The molecule has 6 heteroatoms. The van der Waals surface area contributed by atoms with Gasteiger partial charge in [0.2, 0.25) is 0 Å². The minimum Gasteiger partial charge on any atom is -0.462 e. The highest BCUT2D eigenvalue weighted by Gasteiger charge is 2.04. The lowest BCUT2D eigenvalue weighted by atomic mass is 10.5. The molecule has 0 radical (unpaired) electrons. The van der Waals surface area contributed by atoms with Crippen LogP contribution in [0.3, 0.4) is 0 Å². The van der Waals surface area contributed by atoms with Crippen LogP contribution in [0, 0.1) is 0 Å². The number of anilines is 1. The number of carbonyl (C=O) groups excluding carboxylic acids is 1. The molecule has 0 saturated heterocycles. The van der Waals surface area contributed by atoms with Crippen molar-refractivity contribution < 1.29 is 14.3 Å². The van der Waals surface area contributed by atoms with Crippen molar-refractivity contribution in [3.8, 4) is 0 Å². The van der Waals surface area contributed by atoms with Gasteiger partial charge in [0.1, 0.15) is 13.2 Å². The maximum atomic E-state index is 11.3. The molecule has 0 aliphatic rings. The SMILES string of the molecule is CCCOCCOC(=O)Cn1cc(N)cn1. The number of hydrogen-bond acceptors (Lipinski definition) is 5.